The van der Waals surface area contributed by atoms with Crippen LogP contribution in [0.1, 0.15) is 28.9 Å². The number of amides is 1. The van der Waals surface area contributed by atoms with Gasteiger partial charge in [0.15, 0.2) is 0 Å². The second-order valence-electron chi connectivity index (χ2n) is 7.30. The first-order chi connectivity index (χ1) is 15.0. The Morgan fingerprint density at radius 1 is 1.19 bits per heavy atom. The highest BCUT2D eigenvalue weighted by Gasteiger charge is 2.23. The van der Waals surface area contributed by atoms with Gasteiger partial charge < -0.3 is 15.0 Å². The van der Waals surface area contributed by atoms with Crippen LogP contribution >= 0.6 is 0 Å². The fourth-order valence-electron chi connectivity index (χ4n) is 3.54. The third-order valence-electron chi connectivity index (χ3n) is 5.27. The van der Waals surface area contributed by atoms with E-state index in [4.69, 9.17) is 4.74 Å². The van der Waals surface area contributed by atoms with Gasteiger partial charge in [-0.3, -0.25) is 14.9 Å². The zero-order valence-electron chi connectivity index (χ0n) is 17.1. The maximum atomic E-state index is 12.7. The zero-order valence-corrected chi connectivity index (χ0v) is 17.1. The Bertz CT molecular complexity index is 1060. The van der Waals surface area contributed by atoms with E-state index in [1.165, 1.54) is 6.07 Å². The van der Waals surface area contributed by atoms with E-state index in [-0.39, 0.29) is 17.6 Å². The van der Waals surface area contributed by atoms with Crippen molar-refractivity contribution >= 4 is 17.3 Å². The number of carbonyl (C=O) groups excluding carboxylic acids is 1. The molecular weight excluding hydrogens is 398 g/mol. The molecule has 9 nitrogen and oxygen atoms in total. The van der Waals surface area contributed by atoms with Gasteiger partial charge in [-0.25, -0.2) is 4.68 Å². The van der Waals surface area contributed by atoms with E-state index in [0.717, 1.165) is 11.3 Å². The topological polar surface area (TPSA) is 103 Å². The van der Waals surface area contributed by atoms with Crippen molar-refractivity contribution in [3.8, 4) is 5.69 Å². The first-order valence-corrected chi connectivity index (χ1v) is 10.0. The molecule has 160 valence electrons. The Labute approximate surface area is 179 Å². The highest BCUT2D eigenvalue weighted by Crippen LogP contribution is 2.30. The first kappa shape index (κ1) is 20.5. The van der Waals surface area contributed by atoms with Crippen LogP contribution in [0.4, 0.5) is 11.4 Å². The minimum atomic E-state index is -0.466. The fourth-order valence-corrected chi connectivity index (χ4v) is 3.54. The van der Waals surface area contributed by atoms with E-state index in [0.29, 0.717) is 37.6 Å². The van der Waals surface area contributed by atoms with Crippen LogP contribution in [0.25, 0.3) is 5.69 Å². The van der Waals surface area contributed by atoms with E-state index in [1.807, 2.05) is 43.5 Å². The lowest BCUT2D eigenvalue weighted by atomic mass is 10.1. The molecule has 4 rings (SSSR count). The number of hydrogen-bond acceptors (Lipinski definition) is 6. The third-order valence-corrected chi connectivity index (χ3v) is 5.27. The zero-order chi connectivity index (χ0) is 21.8. The molecule has 0 saturated carbocycles. The number of carbonyl (C=O) groups is 1. The Hall–Kier alpha value is -3.72. The number of nitro groups is 1. The lowest BCUT2D eigenvalue weighted by Crippen LogP contribution is -2.40. The fraction of sp³-hybridized carbons (Fsp3) is 0.273. The largest absolute Gasteiger partial charge is 0.378 e. The molecule has 0 spiro atoms. The highest BCUT2D eigenvalue weighted by molar-refractivity contribution is 5.95. The van der Waals surface area contributed by atoms with E-state index < -0.39 is 4.92 Å². The summed E-state index contributed by atoms with van der Waals surface area (Å²) in [7, 11) is 0. The summed E-state index contributed by atoms with van der Waals surface area (Å²) < 4.78 is 7.02. The van der Waals surface area contributed by atoms with Gasteiger partial charge in [0.2, 0.25) is 0 Å². The molecular formula is C22H23N5O4. The second-order valence-corrected chi connectivity index (χ2v) is 7.30. The van der Waals surface area contributed by atoms with Crippen molar-refractivity contribution < 1.29 is 14.5 Å². The molecule has 31 heavy (non-hydrogen) atoms. The number of nitrogens with zero attached hydrogens (tertiary/aromatic N) is 4. The number of aromatic nitrogens is 2. The third kappa shape index (κ3) is 4.56. The molecule has 1 aromatic heterocycles. The number of benzene rings is 2. The summed E-state index contributed by atoms with van der Waals surface area (Å²) in [6, 6.07) is 14.0. The van der Waals surface area contributed by atoms with Crippen molar-refractivity contribution in [2.75, 3.05) is 31.6 Å². The maximum absolute atomic E-state index is 12.7. The second kappa shape index (κ2) is 8.97. The molecule has 1 N–H and O–H groups in total. The van der Waals surface area contributed by atoms with Crippen molar-refractivity contribution in [3.63, 3.8) is 0 Å². The van der Waals surface area contributed by atoms with Crippen LogP contribution in [-0.2, 0) is 4.74 Å². The Morgan fingerprint density at radius 2 is 1.94 bits per heavy atom. The maximum Gasteiger partial charge on any atom is 0.293 e. The monoisotopic (exact) mass is 421 g/mol. The van der Waals surface area contributed by atoms with Gasteiger partial charge >= 0.3 is 0 Å². The van der Waals surface area contributed by atoms with Crippen LogP contribution < -0.4 is 5.32 Å². The van der Waals surface area contributed by atoms with E-state index in [1.54, 1.807) is 27.9 Å². The summed E-state index contributed by atoms with van der Waals surface area (Å²) in [5.41, 5.74) is 2.44. The number of ether oxygens (including phenoxy) is 1. The summed E-state index contributed by atoms with van der Waals surface area (Å²) in [5.74, 6) is -0.222. The number of hydrogen-bond donors (Lipinski definition) is 1. The van der Waals surface area contributed by atoms with Crippen LogP contribution in [0, 0.1) is 10.1 Å². The van der Waals surface area contributed by atoms with Gasteiger partial charge in [0.05, 0.1) is 23.8 Å². The molecule has 1 saturated heterocycles. The molecule has 1 unspecified atom stereocenters. The van der Waals surface area contributed by atoms with Crippen LogP contribution in [0.15, 0.2) is 60.9 Å². The van der Waals surface area contributed by atoms with Crippen molar-refractivity contribution in [1.29, 1.82) is 0 Å². The highest BCUT2D eigenvalue weighted by atomic mass is 16.6. The molecule has 3 aromatic rings. The van der Waals surface area contributed by atoms with Crippen molar-refractivity contribution in [3.05, 3.63) is 82.2 Å². The lowest BCUT2D eigenvalue weighted by molar-refractivity contribution is -0.384. The summed E-state index contributed by atoms with van der Waals surface area (Å²) in [6.07, 6.45) is 3.57. The average Bonchev–Trinajstić information content (AvgIpc) is 3.34. The Kier molecular flexibility index (Phi) is 5.94. The molecule has 0 radical (unpaired) electrons. The van der Waals surface area contributed by atoms with Crippen LogP contribution in [-0.4, -0.2) is 51.8 Å². The van der Waals surface area contributed by atoms with Gasteiger partial charge in [0.25, 0.3) is 11.6 Å². The average molecular weight is 421 g/mol. The van der Waals surface area contributed by atoms with Gasteiger partial charge in [0.1, 0.15) is 5.69 Å². The summed E-state index contributed by atoms with van der Waals surface area (Å²) in [6.45, 7) is 3.85. The molecule has 0 aliphatic carbocycles. The van der Waals surface area contributed by atoms with Gasteiger partial charge in [-0.05, 0) is 42.8 Å². The van der Waals surface area contributed by atoms with Gasteiger partial charge in [-0.1, -0.05) is 12.1 Å². The summed E-state index contributed by atoms with van der Waals surface area (Å²) in [4.78, 5) is 25.5. The number of morpholine rings is 1. The number of anilines is 1. The molecule has 2 aromatic carbocycles. The normalized spacial score (nSPS) is 14.8. The summed E-state index contributed by atoms with van der Waals surface area (Å²) >= 11 is 0. The molecule has 2 heterocycles. The van der Waals surface area contributed by atoms with Gasteiger partial charge in [-0.2, -0.15) is 5.10 Å². The van der Waals surface area contributed by atoms with Crippen LogP contribution in [0.3, 0.4) is 0 Å². The van der Waals surface area contributed by atoms with E-state index in [2.05, 4.69) is 10.4 Å². The first-order valence-electron chi connectivity index (χ1n) is 10.0. The van der Waals surface area contributed by atoms with E-state index >= 15 is 0 Å². The Balaban J connectivity index is 1.52. The smallest absolute Gasteiger partial charge is 0.293 e. The van der Waals surface area contributed by atoms with E-state index in [9.17, 15) is 14.9 Å². The molecule has 9 heteroatoms. The molecule has 1 atom stereocenters. The molecule has 1 aliphatic heterocycles. The van der Waals surface area contributed by atoms with Crippen LogP contribution in [0.5, 0.6) is 0 Å². The minimum Gasteiger partial charge on any atom is -0.378 e. The predicted octanol–water partition coefficient (Wildman–Crippen LogP) is 3.43. The lowest BCUT2D eigenvalue weighted by Gasteiger charge is -2.27. The quantitative estimate of drug-likeness (QED) is 0.483. The molecule has 1 aliphatic rings. The van der Waals surface area contributed by atoms with Crippen molar-refractivity contribution in [1.82, 2.24) is 14.7 Å². The molecule has 0 bridgehead atoms. The molecule has 1 amide bonds. The standard InChI is InChI=1S/C22H23N5O4/c1-16(17-3-6-19(7-4-17)26-10-2-9-23-26)24-20-8-5-18(15-21(20)27(29)30)22(28)25-11-13-31-14-12-25/h2-10,15-16,24H,11-14H2,1H3. The summed E-state index contributed by atoms with van der Waals surface area (Å²) in [5, 5.41) is 19.1. The number of rotatable bonds is 6. The van der Waals surface area contributed by atoms with Crippen molar-refractivity contribution in [2.45, 2.75) is 13.0 Å². The van der Waals surface area contributed by atoms with Gasteiger partial charge in [0, 0.05) is 43.2 Å². The van der Waals surface area contributed by atoms with Crippen molar-refractivity contribution in [2.24, 2.45) is 0 Å². The van der Waals surface area contributed by atoms with Gasteiger partial charge in [-0.15, -0.1) is 0 Å². The Morgan fingerprint density at radius 3 is 2.58 bits per heavy atom. The molecule has 1 fully saturated rings. The minimum absolute atomic E-state index is 0.126. The number of nitro benzene ring substituents is 1. The predicted molar refractivity (Wildman–Crippen MR) is 115 cm³/mol. The SMILES string of the molecule is CC(Nc1ccc(C(=O)N2CCOCC2)cc1[N+](=O)[O-])c1ccc(-n2cccn2)cc1. The number of nitrogens with one attached hydrogen (secondary N) is 1. The van der Waals surface area contributed by atoms with Crippen LogP contribution in [0.2, 0.25) is 0 Å².